The largest absolute Gasteiger partial charge is 0.508 e. The Morgan fingerprint density at radius 2 is 1.63 bits per heavy atom. The Kier molecular flexibility index (Phi) is 6.91. The number of aliphatic hydroxyl groups excluding tert-OH is 1. The fourth-order valence-electron chi connectivity index (χ4n) is 4.56. The summed E-state index contributed by atoms with van der Waals surface area (Å²) in [6, 6.07) is 23.7. The van der Waals surface area contributed by atoms with Gasteiger partial charge in [0.2, 0.25) is 0 Å². The maximum absolute atomic E-state index is 13.2. The maximum Gasteiger partial charge on any atom is 0.295 e. The van der Waals surface area contributed by atoms with Gasteiger partial charge in [-0.2, -0.15) is 0 Å². The molecule has 0 saturated carbocycles. The number of carbonyl (C=O) groups is 2. The van der Waals surface area contributed by atoms with Crippen molar-refractivity contribution in [2.24, 2.45) is 0 Å². The summed E-state index contributed by atoms with van der Waals surface area (Å²) in [6.07, 6.45) is 3.23. The van der Waals surface area contributed by atoms with Gasteiger partial charge >= 0.3 is 0 Å². The van der Waals surface area contributed by atoms with Crippen LogP contribution in [0.2, 0.25) is 0 Å². The quantitative estimate of drug-likeness (QED) is 0.201. The van der Waals surface area contributed by atoms with E-state index in [1.807, 2.05) is 25.1 Å². The van der Waals surface area contributed by atoms with Crippen molar-refractivity contribution in [2.45, 2.75) is 26.1 Å². The molecule has 1 fully saturated rings. The number of carbonyl (C=O) groups excluding carboxylic acids is 2. The van der Waals surface area contributed by atoms with Crippen LogP contribution in [0.15, 0.2) is 103 Å². The van der Waals surface area contributed by atoms with E-state index >= 15 is 0 Å². The molecule has 0 unspecified atom stereocenters. The van der Waals surface area contributed by atoms with Crippen LogP contribution in [0.4, 0.5) is 0 Å². The molecule has 38 heavy (non-hydrogen) atoms. The highest BCUT2D eigenvalue weighted by Gasteiger charge is 2.46. The number of amides is 1. The van der Waals surface area contributed by atoms with Gasteiger partial charge in [-0.3, -0.25) is 14.6 Å². The van der Waals surface area contributed by atoms with Gasteiger partial charge in [0.25, 0.3) is 11.7 Å². The number of ether oxygens (including phenoxy) is 1. The Hall–Kier alpha value is -4.91. The van der Waals surface area contributed by atoms with E-state index in [9.17, 15) is 19.8 Å². The number of aryl methyl sites for hydroxylation is 1. The van der Waals surface area contributed by atoms with Crippen LogP contribution in [0.1, 0.15) is 33.9 Å². The van der Waals surface area contributed by atoms with Crippen LogP contribution in [0.3, 0.4) is 0 Å². The number of likely N-dealkylation sites (tertiary alicyclic amines) is 1. The standard InChI is InChI=1S/C31H26N2O5/c1-20-3-2-4-22(17-20)19-38-26-11-7-24(8-12-26)29(35)27-28(23-5-9-25(34)10-6-23)33(31(37)30(27)36)18-21-13-15-32-16-14-21/h2-17,28,34-35H,18-19H2,1H3/t28-/m1/s1. The third kappa shape index (κ3) is 5.13. The van der Waals surface area contributed by atoms with Crippen molar-refractivity contribution in [3.63, 3.8) is 0 Å². The van der Waals surface area contributed by atoms with Gasteiger partial charge in [-0.15, -0.1) is 0 Å². The molecule has 7 heteroatoms. The number of ketones is 1. The maximum atomic E-state index is 13.2. The monoisotopic (exact) mass is 506 g/mol. The third-order valence-corrected chi connectivity index (χ3v) is 6.47. The zero-order chi connectivity index (χ0) is 26.6. The van der Waals surface area contributed by atoms with Crippen LogP contribution >= 0.6 is 0 Å². The summed E-state index contributed by atoms with van der Waals surface area (Å²) < 4.78 is 5.87. The topological polar surface area (TPSA) is 100.0 Å². The molecule has 3 aromatic carbocycles. The summed E-state index contributed by atoms with van der Waals surface area (Å²) in [5.41, 5.74) is 3.95. The summed E-state index contributed by atoms with van der Waals surface area (Å²) in [5, 5.41) is 21.1. The number of nitrogens with zero attached hydrogens (tertiary/aromatic N) is 2. The number of aromatic hydroxyl groups is 1. The van der Waals surface area contributed by atoms with Gasteiger partial charge in [0.1, 0.15) is 23.9 Å². The Bertz CT molecular complexity index is 1500. The number of Topliss-reactive ketones (excluding diaryl/α,β-unsaturated/α-hetero) is 1. The molecule has 1 aliphatic heterocycles. The smallest absolute Gasteiger partial charge is 0.295 e. The van der Waals surface area contributed by atoms with Crippen LogP contribution in [0.25, 0.3) is 5.76 Å². The van der Waals surface area contributed by atoms with E-state index in [0.717, 1.165) is 16.7 Å². The second-order valence-corrected chi connectivity index (χ2v) is 9.18. The molecular formula is C31H26N2O5. The predicted molar refractivity (Wildman–Crippen MR) is 142 cm³/mol. The summed E-state index contributed by atoms with van der Waals surface area (Å²) in [7, 11) is 0. The van der Waals surface area contributed by atoms with Crippen molar-refractivity contribution in [2.75, 3.05) is 0 Å². The van der Waals surface area contributed by atoms with Crippen molar-refractivity contribution in [1.29, 1.82) is 0 Å². The summed E-state index contributed by atoms with van der Waals surface area (Å²) in [5.74, 6) is -1.09. The summed E-state index contributed by atoms with van der Waals surface area (Å²) in [4.78, 5) is 31.8. The molecule has 5 rings (SSSR count). The first-order valence-electron chi connectivity index (χ1n) is 12.2. The van der Waals surface area contributed by atoms with Gasteiger partial charge in [-0.25, -0.2) is 0 Å². The minimum absolute atomic E-state index is 0.0109. The van der Waals surface area contributed by atoms with E-state index in [4.69, 9.17) is 4.74 Å². The predicted octanol–water partition coefficient (Wildman–Crippen LogP) is 5.30. The molecule has 1 aromatic heterocycles. The number of hydrogen-bond acceptors (Lipinski definition) is 6. The van der Waals surface area contributed by atoms with E-state index in [2.05, 4.69) is 11.1 Å². The number of phenols is 1. The van der Waals surface area contributed by atoms with Crippen LogP contribution in [0, 0.1) is 6.92 Å². The van der Waals surface area contributed by atoms with Crippen molar-refractivity contribution in [3.05, 3.63) is 131 Å². The molecule has 0 bridgehead atoms. The lowest BCUT2D eigenvalue weighted by Gasteiger charge is -2.25. The van der Waals surface area contributed by atoms with E-state index in [-0.39, 0.29) is 23.6 Å². The zero-order valence-electron chi connectivity index (χ0n) is 20.7. The van der Waals surface area contributed by atoms with E-state index in [1.54, 1.807) is 60.9 Å². The van der Waals surface area contributed by atoms with Crippen LogP contribution in [0.5, 0.6) is 11.5 Å². The zero-order valence-corrected chi connectivity index (χ0v) is 20.7. The Balaban J connectivity index is 1.47. The molecule has 0 aliphatic carbocycles. The molecule has 2 N–H and O–H groups in total. The minimum Gasteiger partial charge on any atom is -0.508 e. The van der Waals surface area contributed by atoms with Gasteiger partial charge < -0.3 is 19.8 Å². The highest BCUT2D eigenvalue weighted by molar-refractivity contribution is 6.46. The van der Waals surface area contributed by atoms with Crippen LogP contribution in [-0.2, 0) is 22.7 Å². The summed E-state index contributed by atoms with van der Waals surface area (Å²) >= 11 is 0. The first kappa shape index (κ1) is 24.8. The lowest BCUT2D eigenvalue weighted by molar-refractivity contribution is -0.140. The lowest BCUT2D eigenvalue weighted by atomic mass is 9.95. The molecule has 0 radical (unpaired) electrons. The molecule has 0 spiro atoms. The molecule has 2 heterocycles. The third-order valence-electron chi connectivity index (χ3n) is 6.47. The van der Waals surface area contributed by atoms with Gasteiger partial charge in [0.05, 0.1) is 11.6 Å². The molecule has 1 aliphatic rings. The number of pyridine rings is 1. The van der Waals surface area contributed by atoms with Gasteiger partial charge in [-0.05, 0) is 72.1 Å². The molecule has 4 aromatic rings. The second kappa shape index (κ2) is 10.6. The number of rotatable bonds is 7. The fraction of sp³-hybridized carbons (Fsp3) is 0.129. The van der Waals surface area contributed by atoms with Crippen LogP contribution in [-0.4, -0.2) is 31.8 Å². The van der Waals surface area contributed by atoms with Crippen molar-refractivity contribution < 1.29 is 24.5 Å². The highest BCUT2D eigenvalue weighted by Crippen LogP contribution is 2.40. The van der Waals surface area contributed by atoms with Crippen molar-refractivity contribution >= 4 is 17.4 Å². The van der Waals surface area contributed by atoms with Crippen LogP contribution < -0.4 is 4.74 Å². The highest BCUT2D eigenvalue weighted by atomic mass is 16.5. The average Bonchev–Trinajstić information content (AvgIpc) is 3.18. The number of aromatic nitrogens is 1. The number of benzene rings is 3. The SMILES string of the molecule is Cc1cccc(COc2ccc(C(O)=C3C(=O)C(=O)N(Cc4ccncc4)[C@@H]3c3ccc(O)cc3)cc2)c1. The van der Waals surface area contributed by atoms with Gasteiger partial charge in [0, 0.05) is 24.5 Å². The molecule has 1 atom stereocenters. The van der Waals surface area contributed by atoms with Gasteiger partial charge in [0.15, 0.2) is 0 Å². The molecular weight excluding hydrogens is 480 g/mol. The van der Waals surface area contributed by atoms with Crippen molar-refractivity contribution in [1.82, 2.24) is 9.88 Å². The number of phenolic OH excluding ortho intramolecular Hbond substituents is 1. The minimum atomic E-state index is -0.832. The first-order valence-corrected chi connectivity index (χ1v) is 12.2. The summed E-state index contributed by atoms with van der Waals surface area (Å²) in [6.45, 7) is 2.57. The molecule has 7 nitrogen and oxygen atoms in total. The van der Waals surface area contributed by atoms with Gasteiger partial charge in [-0.1, -0.05) is 42.0 Å². The molecule has 1 saturated heterocycles. The molecule has 1 amide bonds. The normalized spacial score (nSPS) is 16.6. The Labute approximate surface area is 220 Å². The number of aliphatic hydroxyl groups is 1. The Morgan fingerprint density at radius 3 is 2.32 bits per heavy atom. The van der Waals surface area contributed by atoms with E-state index < -0.39 is 17.7 Å². The first-order chi connectivity index (χ1) is 18.4. The Morgan fingerprint density at radius 1 is 0.921 bits per heavy atom. The fourth-order valence-corrected chi connectivity index (χ4v) is 4.56. The average molecular weight is 507 g/mol. The second-order valence-electron chi connectivity index (χ2n) is 9.18. The van der Waals surface area contributed by atoms with E-state index in [1.165, 1.54) is 17.0 Å². The number of hydrogen-bond donors (Lipinski definition) is 2. The molecule has 190 valence electrons. The van der Waals surface area contributed by atoms with E-state index in [0.29, 0.717) is 23.5 Å². The lowest BCUT2D eigenvalue weighted by Crippen LogP contribution is -2.29. The van der Waals surface area contributed by atoms with Crippen molar-refractivity contribution in [3.8, 4) is 11.5 Å².